The molecule has 0 aliphatic carbocycles. The van der Waals surface area contributed by atoms with Crippen molar-refractivity contribution in [1.82, 2.24) is 24.4 Å². The van der Waals surface area contributed by atoms with Gasteiger partial charge in [-0.2, -0.15) is 5.10 Å². The first-order valence-corrected chi connectivity index (χ1v) is 8.37. The van der Waals surface area contributed by atoms with Gasteiger partial charge in [0.15, 0.2) is 5.65 Å². The minimum Gasteiger partial charge on any atom is -0.465 e. The molecule has 2 fully saturated rings. The number of fused-ring (bicyclic) bond motifs is 2. The molecule has 2 atom stereocenters. The minimum absolute atomic E-state index is 0.0357. The molecule has 2 saturated heterocycles. The summed E-state index contributed by atoms with van der Waals surface area (Å²) in [5.41, 5.74) is 1.68. The highest BCUT2D eigenvalue weighted by Crippen LogP contribution is 2.27. The van der Waals surface area contributed by atoms with E-state index in [1.807, 2.05) is 35.4 Å². The van der Waals surface area contributed by atoms with Gasteiger partial charge in [-0.25, -0.2) is 14.3 Å². The van der Waals surface area contributed by atoms with Gasteiger partial charge in [0.2, 0.25) is 5.91 Å². The molecule has 8 heteroatoms. The zero-order chi connectivity index (χ0) is 17.4. The molecule has 130 valence electrons. The number of carbonyl (C=O) groups excluding carboxylic acids is 1. The van der Waals surface area contributed by atoms with Crippen molar-refractivity contribution in [2.45, 2.75) is 31.3 Å². The number of piperazine rings is 1. The van der Waals surface area contributed by atoms with Gasteiger partial charge in [-0.05, 0) is 25.0 Å². The van der Waals surface area contributed by atoms with E-state index >= 15 is 0 Å². The van der Waals surface area contributed by atoms with Crippen LogP contribution in [0.15, 0.2) is 30.7 Å². The lowest BCUT2D eigenvalue weighted by molar-refractivity contribution is -0.131. The number of pyridine rings is 1. The number of nitrogens with zero attached hydrogens (tertiary/aromatic N) is 5. The molecule has 2 unspecified atom stereocenters. The number of hydrogen-bond acceptors (Lipinski definition) is 4. The highest BCUT2D eigenvalue weighted by Gasteiger charge is 2.41. The number of carbonyl (C=O) groups is 2. The third-order valence-corrected chi connectivity index (χ3v) is 4.99. The first-order valence-electron chi connectivity index (χ1n) is 8.37. The molecule has 2 aliphatic rings. The lowest BCUT2D eigenvalue weighted by Gasteiger charge is -2.42. The van der Waals surface area contributed by atoms with E-state index in [1.165, 1.54) is 11.2 Å². The zero-order valence-corrected chi connectivity index (χ0v) is 13.7. The van der Waals surface area contributed by atoms with Crippen LogP contribution in [-0.4, -0.2) is 66.7 Å². The maximum absolute atomic E-state index is 12.0. The summed E-state index contributed by atoms with van der Waals surface area (Å²) in [5.74, 6) is 0.136. The Morgan fingerprint density at radius 2 is 2.28 bits per heavy atom. The maximum Gasteiger partial charge on any atom is 0.407 e. The molecule has 2 aliphatic heterocycles. The molecule has 2 aromatic rings. The summed E-state index contributed by atoms with van der Waals surface area (Å²) in [7, 11) is 0. The van der Waals surface area contributed by atoms with Crippen LogP contribution in [0.25, 0.3) is 11.7 Å². The largest absolute Gasteiger partial charge is 0.465 e. The Labute approximate surface area is 144 Å². The zero-order valence-electron chi connectivity index (χ0n) is 13.7. The molecule has 25 heavy (non-hydrogen) atoms. The van der Waals surface area contributed by atoms with Crippen LogP contribution < -0.4 is 0 Å². The Morgan fingerprint density at radius 3 is 3.12 bits per heavy atom. The Hall–Kier alpha value is -2.90. The fraction of sp³-hybridized carbons (Fsp3) is 0.412. The highest BCUT2D eigenvalue weighted by molar-refractivity contribution is 5.79. The SMILES string of the molecule is O=C(O)N1CC2CCC(=O)N2CC1C/C=C\c1cccn2ncnc12. The summed E-state index contributed by atoms with van der Waals surface area (Å²) in [6.07, 6.45) is 8.11. The van der Waals surface area contributed by atoms with Gasteiger partial charge in [0, 0.05) is 37.3 Å². The predicted molar refractivity (Wildman–Crippen MR) is 89.9 cm³/mol. The monoisotopic (exact) mass is 341 g/mol. The van der Waals surface area contributed by atoms with Crippen molar-refractivity contribution in [3.05, 3.63) is 36.3 Å². The second kappa shape index (κ2) is 6.19. The standard InChI is InChI=1S/C17H19N5O3/c23-15-7-6-14-10-21(17(24)25)13(9-20(14)15)5-1-3-12-4-2-8-22-16(12)18-11-19-22/h1-4,8,11,13-14H,5-7,9-10H2,(H,24,25)/b3-1-. The van der Waals surface area contributed by atoms with Crippen molar-refractivity contribution in [1.29, 1.82) is 0 Å². The molecule has 1 N–H and O–H groups in total. The van der Waals surface area contributed by atoms with E-state index < -0.39 is 6.09 Å². The topological polar surface area (TPSA) is 91.0 Å². The Kier molecular flexibility index (Phi) is 3.87. The normalized spacial score (nSPS) is 23.6. The number of rotatable bonds is 3. The summed E-state index contributed by atoms with van der Waals surface area (Å²) in [4.78, 5) is 31.1. The maximum atomic E-state index is 12.0. The van der Waals surface area contributed by atoms with Crippen molar-refractivity contribution >= 4 is 23.7 Å². The van der Waals surface area contributed by atoms with Crippen molar-refractivity contribution < 1.29 is 14.7 Å². The Bertz CT molecular complexity index is 846. The van der Waals surface area contributed by atoms with Gasteiger partial charge in [0.25, 0.3) is 0 Å². The van der Waals surface area contributed by atoms with E-state index in [0.29, 0.717) is 25.9 Å². The molecule has 4 heterocycles. The number of carboxylic acid groups (broad SMARTS) is 1. The number of aromatic nitrogens is 3. The summed E-state index contributed by atoms with van der Waals surface area (Å²) < 4.78 is 1.69. The quantitative estimate of drug-likeness (QED) is 0.913. The second-order valence-electron chi connectivity index (χ2n) is 6.46. The molecule has 2 aromatic heterocycles. The molecule has 2 amide bonds. The molecular weight excluding hydrogens is 322 g/mol. The molecule has 0 saturated carbocycles. The molecule has 0 radical (unpaired) electrons. The molecule has 8 nitrogen and oxygen atoms in total. The van der Waals surface area contributed by atoms with Crippen LogP contribution in [0, 0.1) is 0 Å². The summed E-state index contributed by atoms with van der Waals surface area (Å²) in [6.45, 7) is 0.870. The highest BCUT2D eigenvalue weighted by atomic mass is 16.4. The van der Waals surface area contributed by atoms with E-state index in [0.717, 1.165) is 17.6 Å². The Balaban J connectivity index is 1.51. The summed E-state index contributed by atoms with van der Waals surface area (Å²) in [6, 6.07) is 3.65. The smallest absolute Gasteiger partial charge is 0.407 e. The van der Waals surface area contributed by atoms with E-state index in [2.05, 4.69) is 10.1 Å². The van der Waals surface area contributed by atoms with Crippen LogP contribution in [0.1, 0.15) is 24.8 Å². The van der Waals surface area contributed by atoms with E-state index in [9.17, 15) is 14.7 Å². The Morgan fingerprint density at radius 1 is 1.40 bits per heavy atom. The van der Waals surface area contributed by atoms with Gasteiger partial charge in [0.1, 0.15) is 6.33 Å². The fourth-order valence-corrected chi connectivity index (χ4v) is 3.72. The van der Waals surface area contributed by atoms with Gasteiger partial charge < -0.3 is 14.9 Å². The van der Waals surface area contributed by atoms with Crippen molar-refractivity contribution in [3.8, 4) is 0 Å². The van der Waals surface area contributed by atoms with Crippen LogP contribution in [-0.2, 0) is 4.79 Å². The molecule has 4 rings (SSSR count). The summed E-state index contributed by atoms with van der Waals surface area (Å²) in [5, 5.41) is 13.6. The summed E-state index contributed by atoms with van der Waals surface area (Å²) >= 11 is 0. The van der Waals surface area contributed by atoms with E-state index in [4.69, 9.17) is 0 Å². The van der Waals surface area contributed by atoms with Crippen LogP contribution >= 0.6 is 0 Å². The first-order chi connectivity index (χ1) is 12.1. The molecule has 0 bridgehead atoms. The van der Waals surface area contributed by atoms with Crippen molar-refractivity contribution in [2.75, 3.05) is 13.1 Å². The number of hydrogen-bond donors (Lipinski definition) is 1. The second-order valence-corrected chi connectivity index (χ2v) is 6.46. The van der Waals surface area contributed by atoms with Gasteiger partial charge in [0.05, 0.1) is 6.04 Å². The molecule has 0 spiro atoms. The minimum atomic E-state index is -0.919. The van der Waals surface area contributed by atoms with Crippen LogP contribution in [0.3, 0.4) is 0 Å². The van der Waals surface area contributed by atoms with Crippen LogP contribution in [0.2, 0.25) is 0 Å². The van der Waals surface area contributed by atoms with Crippen molar-refractivity contribution in [2.24, 2.45) is 0 Å². The average molecular weight is 341 g/mol. The predicted octanol–water partition coefficient (Wildman–Crippen LogP) is 1.49. The average Bonchev–Trinajstić information content (AvgIpc) is 3.22. The van der Waals surface area contributed by atoms with E-state index in [1.54, 1.807) is 4.52 Å². The lowest BCUT2D eigenvalue weighted by atomic mass is 10.0. The molecular formula is C17H19N5O3. The van der Waals surface area contributed by atoms with Gasteiger partial charge in [-0.3, -0.25) is 4.79 Å². The van der Waals surface area contributed by atoms with Gasteiger partial charge >= 0.3 is 6.09 Å². The fourth-order valence-electron chi connectivity index (χ4n) is 3.72. The van der Waals surface area contributed by atoms with Crippen LogP contribution in [0.4, 0.5) is 4.79 Å². The first kappa shape index (κ1) is 15.6. The number of amides is 2. The van der Waals surface area contributed by atoms with Gasteiger partial charge in [-0.1, -0.05) is 12.2 Å². The lowest BCUT2D eigenvalue weighted by Crippen LogP contribution is -2.58. The third-order valence-electron chi connectivity index (χ3n) is 4.99. The third kappa shape index (κ3) is 2.84. The van der Waals surface area contributed by atoms with Crippen molar-refractivity contribution in [3.63, 3.8) is 0 Å². The van der Waals surface area contributed by atoms with Crippen LogP contribution in [0.5, 0.6) is 0 Å². The van der Waals surface area contributed by atoms with Gasteiger partial charge in [-0.15, -0.1) is 0 Å². The van der Waals surface area contributed by atoms with E-state index in [-0.39, 0.29) is 18.0 Å². The molecule has 0 aromatic carbocycles.